The van der Waals surface area contributed by atoms with Gasteiger partial charge in [-0.05, 0) is 58.1 Å². The van der Waals surface area contributed by atoms with Gasteiger partial charge in [0.1, 0.15) is 11.4 Å². The summed E-state index contributed by atoms with van der Waals surface area (Å²) in [7, 11) is 5.86. The highest BCUT2D eigenvalue weighted by atomic mass is 16.5. The first-order chi connectivity index (χ1) is 18.6. The Morgan fingerprint density at radius 3 is 2.64 bits per heavy atom. The zero-order valence-electron chi connectivity index (χ0n) is 22.8. The minimum atomic E-state index is -0.256. The Hall–Kier alpha value is -4.29. The van der Waals surface area contributed by atoms with Gasteiger partial charge in [-0.25, -0.2) is 9.50 Å². The van der Waals surface area contributed by atoms with Gasteiger partial charge in [-0.15, -0.1) is 5.10 Å². The molecule has 1 unspecified atom stereocenters. The Bertz CT molecular complexity index is 1520. The first kappa shape index (κ1) is 26.3. The van der Waals surface area contributed by atoms with Crippen LogP contribution in [0.3, 0.4) is 0 Å². The number of aryl methyl sites for hydroxylation is 3. The number of hydrogen-bond acceptors (Lipinski definition) is 8. The lowest BCUT2D eigenvalue weighted by Crippen LogP contribution is -2.35. The number of aromatic nitrogens is 5. The third kappa shape index (κ3) is 6.07. The average molecular weight is 532 g/mol. The van der Waals surface area contributed by atoms with E-state index in [1.165, 1.54) is 0 Å². The smallest absolute Gasteiger partial charge is 0.273 e. The number of rotatable bonds is 8. The van der Waals surface area contributed by atoms with Crippen LogP contribution in [0.25, 0.3) is 5.65 Å². The summed E-state index contributed by atoms with van der Waals surface area (Å²) in [6.07, 6.45) is 2.71. The molecule has 2 amide bonds. The summed E-state index contributed by atoms with van der Waals surface area (Å²) in [6.45, 7) is 5.85. The van der Waals surface area contributed by atoms with Crippen molar-refractivity contribution >= 4 is 29.0 Å². The van der Waals surface area contributed by atoms with E-state index in [-0.39, 0.29) is 11.8 Å². The van der Waals surface area contributed by atoms with Crippen LogP contribution in [0, 0.1) is 13.8 Å². The van der Waals surface area contributed by atoms with Crippen molar-refractivity contribution in [3.8, 4) is 11.6 Å². The van der Waals surface area contributed by atoms with E-state index in [0.29, 0.717) is 47.1 Å². The second kappa shape index (κ2) is 10.8. The Kier molecular flexibility index (Phi) is 7.31. The minimum Gasteiger partial charge on any atom is -0.438 e. The zero-order valence-corrected chi connectivity index (χ0v) is 22.8. The quantitative estimate of drug-likeness (QED) is 0.356. The number of benzene rings is 1. The third-order valence-electron chi connectivity index (χ3n) is 6.82. The molecule has 5 rings (SSSR count). The van der Waals surface area contributed by atoms with Crippen LogP contribution in [0.5, 0.6) is 11.6 Å². The van der Waals surface area contributed by atoms with E-state index in [0.717, 1.165) is 30.8 Å². The summed E-state index contributed by atoms with van der Waals surface area (Å²) in [5.41, 5.74) is 3.32. The van der Waals surface area contributed by atoms with E-state index in [4.69, 9.17) is 4.74 Å². The fraction of sp³-hybridized carbons (Fsp3) is 0.370. The summed E-state index contributed by atoms with van der Waals surface area (Å²) in [4.78, 5) is 34.1. The molecule has 4 heterocycles. The summed E-state index contributed by atoms with van der Waals surface area (Å²) in [5.74, 6) is 0.920. The highest BCUT2D eigenvalue weighted by Gasteiger charge is 2.25. The number of likely N-dealkylation sites (N-methyl/N-ethyl adjacent to an activating group) is 1. The molecule has 1 atom stereocenters. The monoisotopic (exact) mass is 531 g/mol. The van der Waals surface area contributed by atoms with Gasteiger partial charge in [-0.2, -0.15) is 5.10 Å². The van der Waals surface area contributed by atoms with Gasteiger partial charge >= 0.3 is 0 Å². The van der Waals surface area contributed by atoms with Crippen LogP contribution >= 0.6 is 0 Å². The fourth-order valence-electron chi connectivity index (χ4n) is 4.67. The van der Waals surface area contributed by atoms with E-state index in [9.17, 15) is 9.59 Å². The molecule has 1 aliphatic heterocycles. The number of nitrogens with zero attached hydrogens (tertiary/aromatic N) is 7. The van der Waals surface area contributed by atoms with Gasteiger partial charge in [-0.3, -0.25) is 19.2 Å². The van der Waals surface area contributed by atoms with Crippen LogP contribution in [0.4, 0.5) is 11.5 Å². The van der Waals surface area contributed by atoms with Crippen LogP contribution in [-0.4, -0.2) is 85.8 Å². The normalized spacial score (nSPS) is 15.7. The number of anilines is 2. The first-order valence-electron chi connectivity index (χ1n) is 12.8. The second-order valence-electron chi connectivity index (χ2n) is 10.1. The Morgan fingerprint density at radius 2 is 1.92 bits per heavy atom. The molecule has 0 bridgehead atoms. The van der Waals surface area contributed by atoms with Gasteiger partial charge in [0.2, 0.25) is 11.8 Å². The highest BCUT2D eigenvalue weighted by molar-refractivity contribution is 6.03. The third-order valence-corrected chi connectivity index (χ3v) is 6.82. The number of carbonyl (C=O) groups is 2. The van der Waals surface area contributed by atoms with E-state index >= 15 is 0 Å². The second-order valence-corrected chi connectivity index (χ2v) is 10.1. The molecule has 12 heteroatoms. The van der Waals surface area contributed by atoms with Crippen LogP contribution in [0.1, 0.15) is 28.2 Å². The molecule has 1 fully saturated rings. The van der Waals surface area contributed by atoms with Gasteiger partial charge in [0.25, 0.3) is 5.91 Å². The predicted molar refractivity (Wildman–Crippen MR) is 147 cm³/mol. The largest absolute Gasteiger partial charge is 0.438 e. The molecule has 0 saturated carbocycles. The van der Waals surface area contributed by atoms with Gasteiger partial charge < -0.3 is 20.3 Å². The molecule has 12 nitrogen and oxygen atoms in total. The number of imidazole rings is 1. The van der Waals surface area contributed by atoms with Crippen LogP contribution in [-0.2, 0) is 11.8 Å². The molecule has 1 aromatic carbocycles. The van der Waals surface area contributed by atoms with E-state index in [1.54, 1.807) is 46.7 Å². The van der Waals surface area contributed by atoms with E-state index < -0.39 is 0 Å². The molecule has 3 aromatic heterocycles. The topological polar surface area (TPSA) is 122 Å². The lowest BCUT2D eigenvalue weighted by molar-refractivity contribution is -0.117. The van der Waals surface area contributed by atoms with Crippen molar-refractivity contribution in [2.45, 2.75) is 26.3 Å². The lowest BCUT2D eigenvalue weighted by Gasteiger charge is -2.19. The maximum atomic E-state index is 12.8. The molecule has 0 radical (unpaired) electrons. The molecule has 1 saturated heterocycles. The van der Waals surface area contributed by atoms with E-state index in [2.05, 4.69) is 49.7 Å². The van der Waals surface area contributed by atoms with Crippen LogP contribution in [0.15, 0.2) is 42.6 Å². The number of likely N-dealkylation sites (tertiary alicyclic amines) is 1. The van der Waals surface area contributed by atoms with Crippen molar-refractivity contribution in [3.05, 3.63) is 59.5 Å². The maximum absolute atomic E-state index is 12.8. The molecular formula is C27H33N9O3. The fourth-order valence-corrected chi connectivity index (χ4v) is 4.67. The van der Waals surface area contributed by atoms with Crippen LogP contribution in [0.2, 0.25) is 0 Å². The Balaban J connectivity index is 1.23. The van der Waals surface area contributed by atoms with Gasteiger partial charge in [0, 0.05) is 44.0 Å². The van der Waals surface area contributed by atoms with Crippen molar-refractivity contribution < 1.29 is 14.3 Å². The summed E-state index contributed by atoms with van der Waals surface area (Å²) in [5, 5.41) is 14.5. The maximum Gasteiger partial charge on any atom is 0.273 e. The van der Waals surface area contributed by atoms with E-state index in [1.807, 2.05) is 26.0 Å². The molecule has 2 N–H and O–H groups in total. The Labute approximate surface area is 226 Å². The molecule has 204 valence electrons. The summed E-state index contributed by atoms with van der Waals surface area (Å²) < 4.78 is 9.09. The zero-order chi connectivity index (χ0) is 27.7. The lowest BCUT2D eigenvalue weighted by atomic mass is 10.2. The number of ether oxygens (including phenoxy) is 1. The molecule has 39 heavy (non-hydrogen) atoms. The SMILES string of the molecule is Cc1cc(C(=O)Nc2cc(Oc3ccc4nc(NC(=O)CN5CCC(N(C)C)C5)cn4n3)ccc2C)n(C)n1. The first-order valence-corrected chi connectivity index (χ1v) is 12.8. The van der Waals surface area contributed by atoms with Crippen molar-refractivity contribution in [2.75, 3.05) is 44.4 Å². The molecule has 4 aromatic rings. The number of fused-ring (bicyclic) bond motifs is 1. The molecular weight excluding hydrogens is 498 g/mol. The number of hydrogen-bond donors (Lipinski definition) is 2. The van der Waals surface area contributed by atoms with Crippen molar-refractivity contribution in [1.29, 1.82) is 0 Å². The van der Waals surface area contributed by atoms with Gasteiger partial charge in [0.05, 0.1) is 18.4 Å². The molecule has 1 aliphatic rings. The number of nitrogens with one attached hydrogen (secondary N) is 2. The van der Waals surface area contributed by atoms with Crippen molar-refractivity contribution in [3.63, 3.8) is 0 Å². The highest BCUT2D eigenvalue weighted by Crippen LogP contribution is 2.26. The number of carbonyl (C=O) groups excluding carboxylic acids is 2. The predicted octanol–water partition coefficient (Wildman–Crippen LogP) is 2.70. The molecule has 0 aliphatic carbocycles. The van der Waals surface area contributed by atoms with Gasteiger partial charge in [-0.1, -0.05) is 6.07 Å². The standard InChI is InChI=1S/C27H33N9O3/c1-17-6-7-20(13-21(17)28-27(38)22-12-18(2)31-34(22)5)39-26-9-8-24-29-23(15-36(24)32-26)30-25(37)16-35-11-10-19(14-35)33(3)4/h6-9,12-13,15,19H,10-11,14,16H2,1-5H3,(H,28,38)(H,30,37). The van der Waals surface area contributed by atoms with Crippen molar-refractivity contribution in [2.24, 2.45) is 7.05 Å². The minimum absolute atomic E-state index is 0.107. The van der Waals surface area contributed by atoms with Gasteiger partial charge in [0.15, 0.2) is 11.5 Å². The van der Waals surface area contributed by atoms with Crippen LogP contribution < -0.4 is 15.4 Å². The molecule has 0 spiro atoms. The Morgan fingerprint density at radius 1 is 1.10 bits per heavy atom. The summed E-state index contributed by atoms with van der Waals surface area (Å²) >= 11 is 0. The average Bonchev–Trinajstić information content (AvgIpc) is 3.59. The number of amides is 2. The van der Waals surface area contributed by atoms with Crippen molar-refractivity contribution in [1.82, 2.24) is 34.2 Å². The summed E-state index contributed by atoms with van der Waals surface area (Å²) in [6, 6.07) is 11.1.